The molecule has 0 aromatic heterocycles. The van der Waals surface area contributed by atoms with E-state index in [0.29, 0.717) is 19.6 Å². The average Bonchev–Trinajstić information content (AvgIpc) is 2.66. The van der Waals surface area contributed by atoms with E-state index in [2.05, 4.69) is 5.32 Å². The van der Waals surface area contributed by atoms with Crippen molar-refractivity contribution in [1.29, 1.82) is 0 Å². The maximum absolute atomic E-state index is 11.8. The lowest BCUT2D eigenvalue weighted by atomic mass is 10.3. The summed E-state index contributed by atoms with van der Waals surface area (Å²) in [6.45, 7) is 4.38. The van der Waals surface area contributed by atoms with Crippen LogP contribution in [0.3, 0.4) is 0 Å². The molecule has 90 valence electrons. The molecule has 1 heterocycles. The summed E-state index contributed by atoms with van der Waals surface area (Å²) in [7, 11) is -1.46. The maximum atomic E-state index is 11.8. The molecule has 0 radical (unpaired) electrons. The predicted molar refractivity (Wildman–Crippen MR) is 59.3 cm³/mol. The Morgan fingerprint density at radius 3 is 2.80 bits per heavy atom. The number of sulfonamides is 1. The second-order valence-electron chi connectivity index (χ2n) is 3.67. The monoisotopic (exact) mass is 236 g/mol. The van der Waals surface area contributed by atoms with Crippen molar-refractivity contribution in [3.8, 4) is 0 Å². The van der Waals surface area contributed by atoms with Crippen molar-refractivity contribution in [2.24, 2.45) is 0 Å². The Morgan fingerprint density at radius 2 is 2.27 bits per heavy atom. The summed E-state index contributed by atoms with van der Waals surface area (Å²) in [4.78, 5) is 0. The van der Waals surface area contributed by atoms with Gasteiger partial charge in [-0.05, 0) is 13.0 Å². The summed E-state index contributed by atoms with van der Waals surface area (Å²) >= 11 is 0. The summed E-state index contributed by atoms with van der Waals surface area (Å²) in [5.41, 5.74) is 0. The van der Waals surface area contributed by atoms with Crippen molar-refractivity contribution in [3.05, 3.63) is 0 Å². The Morgan fingerprint density at radius 1 is 1.53 bits per heavy atom. The van der Waals surface area contributed by atoms with E-state index >= 15 is 0 Å². The molecule has 0 bridgehead atoms. The van der Waals surface area contributed by atoms with Crippen LogP contribution in [0.5, 0.6) is 0 Å². The normalized spacial score (nSPS) is 23.5. The van der Waals surface area contributed by atoms with Crippen molar-refractivity contribution in [3.63, 3.8) is 0 Å². The minimum absolute atomic E-state index is 0.0684. The van der Waals surface area contributed by atoms with Crippen LogP contribution in [0, 0.1) is 0 Å². The molecule has 1 fully saturated rings. The average molecular weight is 236 g/mol. The van der Waals surface area contributed by atoms with E-state index in [0.717, 1.165) is 13.0 Å². The molecule has 6 heteroatoms. The van der Waals surface area contributed by atoms with Gasteiger partial charge >= 0.3 is 0 Å². The van der Waals surface area contributed by atoms with Gasteiger partial charge in [0.1, 0.15) is 0 Å². The molecular weight excluding hydrogens is 216 g/mol. The Labute approximate surface area is 91.8 Å². The number of nitrogens with one attached hydrogen (secondary N) is 1. The Bertz CT molecular complexity index is 279. The lowest BCUT2D eigenvalue weighted by Gasteiger charge is -2.16. The number of hydrogen-bond donors (Lipinski definition) is 1. The highest BCUT2D eigenvalue weighted by Crippen LogP contribution is 2.15. The number of ether oxygens (including phenoxy) is 1. The smallest absolute Gasteiger partial charge is 0.215 e. The zero-order chi connectivity index (χ0) is 11.3. The topological polar surface area (TPSA) is 58.6 Å². The Hall–Kier alpha value is -0.170. The molecule has 0 spiro atoms. The van der Waals surface area contributed by atoms with Gasteiger partial charge in [0.25, 0.3) is 0 Å². The molecule has 0 saturated carbocycles. The van der Waals surface area contributed by atoms with E-state index in [1.807, 2.05) is 6.92 Å². The summed E-state index contributed by atoms with van der Waals surface area (Å²) < 4.78 is 30.3. The molecule has 1 N–H and O–H groups in total. The van der Waals surface area contributed by atoms with Gasteiger partial charge in [0, 0.05) is 26.7 Å². The van der Waals surface area contributed by atoms with Gasteiger partial charge in [-0.1, -0.05) is 6.92 Å². The van der Waals surface area contributed by atoms with Gasteiger partial charge in [0.05, 0.1) is 11.9 Å². The second-order valence-corrected chi connectivity index (χ2v) is 5.76. The quantitative estimate of drug-likeness (QED) is 0.640. The van der Waals surface area contributed by atoms with E-state index in [9.17, 15) is 8.42 Å². The number of hydrogen-bond acceptors (Lipinski definition) is 4. The number of rotatable bonds is 6. The molecule has 1 aliphatic heterocycles. The van der Waals surface area contributed by atoms with Crippen molar-refractivity contribution in [1.82, 2.24) is 9.62 Å². The van der Waals surface area contributed by atoms with Gasteiger partial charge in [-0.2, -0.15) is 4.31 Å². The zero-order valence-electron chi connectivity index (χ0n) is 9.40. The van der Waals surface area contributed by atoms with E-state index in [1.165, 1.54) is 4.31 Å². The highest BCUT2D eigenvalue weighted by molar-refractivity contribution is 7.89. The van der Waals surface area contributed by atoms with Crippen LogP contribution in [-0.4, -0.2) is 57.9 Å². The fourth-order valence-electron chi connectivity index (χ4n) is 1.65. The van der Waals surface area contributed by atoms with Crippen molar-refractivity contribution in [2.45, 2.75) is 19.4 Å². The molecule has 1 saturated heterocycles. The van der Waals surface area contributed by atoms with Gasteiger partial charge < -0.3 is 10.1 Å². The lowest BCUT2D eigenvalue weighted by Crippen LogP contribution is -2.35. The summed E-state index contributed by atoms with van der Waals surface area (Å²) in [5.74, 6) is 0.178. The van der Waals surface area contributed by atoms with Crippen LogP contribution < -0.4 is 5.32 Å². The molecule has 5 nitrogen and oxygen atoms in total. The third-order valence-electron chi connectivity index (χ3n) is 2.62. The molecule has 1 atom stereocenters. The highest BCUT2D eigenvalue weighted by Gasteiger charge is 2.30. The second kappa shape index (κ2) is 5.79. The van der Waals surface area contributed by atoms with E-state index < -0.39 is 10.0 Å². The number of methoxy groups -OCH3 is 1. The standard InChI is InChI=1S/C9H20N2O3S/c1-3-10-5-7-15(12,13)11-6-4-9(8-11)14-2/h9-10H,3-8H2,1-2H3. The van der Waals surface area contributed by atoms with Crippen LogP contribution in [0.1, 0.15) is 13.3 Å². The van der Waals surface area contributed by atoms with Gasteiger partial charge in [0.2, 0.25) is 10.0 Å². The molecule has 0 amide bonds. The Kier molecular flexibility index (Phi) is 4.98. The third-order valence-corrected chi connectivity index (χ3v) is 4.46. The Balaban J connectivity index is 2.41. The third kappa shape index (κ3) is 3.71. The van der Waals surface area contributed by atoms with Crippen LogP contribution in [0.2, 0.25) is 0 Å². The highest BCUT2D eigenvalue weighted by atomic mass is 32.2. The van der Waals surface area contributed by atoms with Crippen LogP contribution in [0.15, 0.2) is 0 Å². The van der Waals surface area contributed by atoms with Crippen LogP contribution >= 0.6 is 0 Å². The van der Waals surface area contributed by atoms with Crippen LogP contribution in [0.4, 0.5) is 0 Å². The van der Waals surface area contributed by atoms with E-state index in [1.54, 1.807) is 7.11 Å². The van der Waals surface area contributed by atoms with Crippen LogP contribution in [0.25, 0.3) is 0 Å². The molecular formula is C9H20N2O3S. The predicted octanol–water partition coefficient (Wildman–Crippen LogP) is -0.354. The number of nitrogens with zero attached hydrogens (tertiary/aromatic N) is 1. The summed E-state index contributed by atoms with van der Waals surface area (Å²) in [6.07, 6.45) is 0.871. The summed E-state index contributed by atoms with van der Waals surface area (Å²) in [6, 6.07) is 0. The molecule has 1 unspecified atom stereocenters. The molecule has 15 heavy (non-hydrogen) atoms. The maximum Gasteiger partial charge on any atom is 0.215 e. The van der Waals surface area contributed by atoms with Crippen molar-refractivity contribution in [2.75, 3.05) is 39.0 Å². The molecule has 0 aliphatic carbocycles. The van der Waals surface area contributed by atoms with Gasteiger partial charge in [-0.25, -0.2) is 8.42 Å². The minimum atomic E-state index is -3.08. The van der Waals surface area contributed by atoms with Crippen molar-refractivity contribution >= 4 is 10.0 Å². The molecule has 0 aromatic carbocycles. The molecule has 1 rings (SSSR count). The van der Waals surface area contributed by atoms with E-state index in [-0.39, 0.29) is 11.9 Å². The van der Waals surface area contributed by atoms with Gasteiger partial charge in [-0.3, -0.25) is 0 Å². The first-order chi connectivity index (χ1) is 7.10. The minimum Gasteiger partial charge on any atom is -0.380 e. The lowest BCUT2D eigenvalue weighted by molar-refractivity contribution is 0.115. The molecule has 0 aromatic rings. The van der Waals surface area contributed by atoms with Crippen LogP contribution in [-0.2, 0) is 14.8 Å². The first-order valence-electron chi connectivity index (χ1n) is 5.31. The largest absolute Gasteiger partial charge is 0.380 e. The zero-order valence-corrected chi connectivity index (χ0v) is 10.2. The first-order valence-corrected chi connectivity index (χ1v) is 6.92. The fourth-order valence-corrected chi connectivity index (χ4v) is 3.09. The van der Waals surface area contributed by atoms with Gasteiger partial charge in [-0.15, -0.1) is 0 Å². The summed E-state index contributed by atoms with van der Waals surface area (Å²) in [5, 5.41) is 3.02. The molecule has 1 aliphatic rings. The fraction of sp³-hybridized carbons (Fsp3) is 1.00. The van der Waals surface area contributed by atoms with E-state index in [4.69, 9.17) is 4.74 Å². The van der Waals surface area contributed by atoms with Gasteiger partial charge in [0.15, 0.2) is 0 Å². The van der Waals surface area contributed by atoms with Crippen molar-refractivity contribution < 1.29 is 13.2 Å². The SMILES string of the molecule is CCNCCS(=O)(=O)N1CCC(OC)C1. The first kappa shape index (κ1) is 12.9.